The molecule has 0 aliphatic carbocycles. The standard InChI is InChI=1S/C14H17ClN2O/c1-18-14-3-2-12(15)10-13(14)17-8-5-11(4-7-16)6-9-17/h2-3,10-11H,4-6,8-9H2,1H3. The van der Waals surface area contributed by atoms with Crippen molar-refractivity contribution in [2.75, 3.05) is 25.1 Å². The summed E-state index contributed by atoms with van der Waals surface area (Å²) in [6.45, 7) is 1.92. The third-order valence-corrected chi connectivity index (χ3v) is 3.71. The Kier molecular flexibility index (Phi) is 4.33. The Morgan fingerprint density at radius 3 is 2.78 bits per heavy atom. The second kappa shape index (κ2) is 5.97. The maximum absolute atomic E-state index is 8.72. The molecule has 0 amide bonds. The smallest absolute Gasteiger partial charge is 0.142 e. The summed E-state index contributed by atoms with van der Waals surface area (Å²) in [5, 5.41) is 9.45. The SMILES string of the molecule is COc1ccc(Cl)cc1N1CCC(CC#N)CC1. The molecule has 0 aromatic heterocycles. The summed E-state index contributed by atoms with van der Waals surface area (Å²) in [6.07, 6.45) is 2.78. The quantitative estimate of drug-likeness (QED) is 0.839. The van der Waals surface area contributed by atoms with Crippen LogP contribution in [0.25, 0.3) is 0 Å². The van der Waals surface area contributed by atoms with E-state index < -0.39 is 0 Å². The molecule has 0 unspecified atom stereocenters. The number of methoxy groups -OCH3 is 1. The lowest BCUT2D eigenvalue weighted by atomic mass is 9.94. The van der Waals surface area contributed by atoms with Crippen LogP contribution < -0.4 is 9.64 Å². The monoisotopic (exact) mass is 264 g/mol. The van der Waals surface area contributed by atoms with Gasteiger partial charge in [0, 0.05) is 24.5 Å². The first-order valence-electron chi connectivity index (χ1n) is 6.20. The number of hydrogen-bond acceptors (Lipinski definition) is 3. The van der Waals surface area contributed by atoms with Gasteiger partial charge in [-0.25, -0.2) is 0 Å². The zero-order valence-corrected chi connectivity index (χ0v) is 11.3. The number of piperidine rings is 1. The fraction of sp³-hybridized carbons (Fsp3) is 0.500. The molecule has 0 spiro atoms. The Morgan fingerprint density at radius 2 is 2.17 bits per heavy atom. The molecule has 1 heterocycles. The van der Waals surface area contributed by atoms with Gasteiger partial charge in [-0.3, -0.25) is 0 Å². The minimum atomic E-state index is 0.538. The first-order valence-corrected chi connectivity index (χ1v) is 6.58. The van der Waals surface area contributed by atoms with Crippen molar-refractivity contribution < 1.29 is 4.74 Å². The van der Waals surface area contributed by atoms with Crippen molar-refractivity contribution in [3.8, 4) is 11.8 Å². The van der Waals surface area contributed by atoms with Crippen LogP contribution in [0.1, 0.15) is 19.3 Å². The molecule has 3 nitrogen and oxygen atoms in total. The maximum Gasteiger partial charge on any atom is 0.142 e. The van der Waals surface area contributed by atoms with Gasteiger partial charge < -0.3 is 9.64 Å². The Morgan fingerprint density at radius 1 is 1.44 bits per heavy atom. The molecule has 0 bridgehead atoms. The van der Waals surface area contributed by atoms with E-state index in [1.54, 1.807) is 7.11 Å². The molecular formula is C14H17ClN2O. The van der Waals surface area contributed by atoms with Crippen LogP contribution >= 0.6 is 11.6 Å². The van der Waals surface area contributed by atoms with E-state index in [1.165, 1.54) is 0 Å². The lowest BCUT2D eigenvalue weighted by molar-refractivity contribution is 0.395. The van der Waals surface area contributed by atoms with Gasteiger partial charge in [0.15, 0.2) is 0 Å². The van der Waals surface area contributed by atoms with Crippen LogP contribution in [-0.4, -0.2) is 20.2 Å². The van der Waals surface area contributed by atoms with Gasteiger partial charge in [0.1, 0.15) is 5.75 Å². The molecule has 0 atom stereocenters. The van der Waals surface area contributed by atoms with E-state index in [9.17, 15) is 0 Å². The van der Waals surface area contributed by atoms with Crippen LogP contribution in [-0.2, 0) is 0 Å². The number of ether oxygens (including phenoxy) is 1. The predicted molar refractivity (Wildman–Crippen MR) is 73.2 cm³/mol. The van der Waals surface area contributed by atoms with Crippen LogP contribution in [0.4, 0.5) is 5.69 Å². The van der Waals surface area contributed by atoms with Gasteiger partial charge in [-0.15, -0.1) is 0 Å². The highest BCUT2D eigenvalue weighted by Crippen LogP contribution is 2.34. The molecule has 1 fully saturated rings. The molecule has 1 aromatic carbocycles. The van der Waals surface area contributed by atoms with Crippen LogP contribution in [0, 0.1) is 17.2 Å². The number of nitrogens with zero attached hydrogens (tertiary/aromatic N) is 2. The van der Waals surface area contributed by atoms with Crippen LogP contribution in [0.5, 0.6) is 5.75 Å². The van der Waals surface area contributed by atoms with E-state index >= 15 is 0 Å². The van der Waals surface area contributed by atoms with E-state index in [2.05, 4.69) is 11.0 Å². The van der Waals surface area contributed by atoms with E-state index in [0.29, 0.717) is 12.3 Å². The summed E-state index contributed by atoms with van der Waals surface area (Å²) in [5.74, 6) is 1.40. The summed E-state index contributed by atoms with van der Waals surface area (Å²) in [7, 11) is 1.68. The molecule has 2 rings (SSSR count). The van der Waals surface area contributed by atoms with Gasteiger partial charge in [-0.05, 0) is 37.0 Å². The first kappa shape index (κ1) is 13.0. The molecule has 96 valence electrons. The highest BCUT2D eigenvalue weighted by atomic mass is 35.5. The molecule has 18 heavy (non-hydrogen) atoms. The highest BCUT2D eigenvalue weighted by molar-refractivity contribution is 6.30. The number of halogens is 1. The van der Waals surface area contributed by atoms with Crippen LogP contribution in [0.15, 0.2) is 18.2 Å². The van der Waals surface area contributed by atoms with Crippen LogP contribution in [0.3, 0.4) is 0 Å². The number of anilines is 1. The topological polar surface area (TPSA) is 36.3 Å². The second-order valence-corrected chi connectivity index (χ2v) is 5.05. The number of rotatable bonds is 3. The lowest BCUT2D eigenvalue weighted by Crippen LogP contribution is -2.33. The van der Waals surface area contributed by atoms with Gasteiger partial charge in [-0.2, -0.15) is 5.26 Å². The van der Waals surface area contributed by atoms with Crippen molar-refractivity contribution in [2.45, 2.75) is 19.3 Å². The van der Waals surface area contributed by atoms with E-state index in [0.717, 1.165) is 42.4 Å². The third-order valence-electron chi connectivity index (χ3n) is 3.48. The largest absolute Gasteiger partial charge is 0.495 e. The summed E-state index contributed by atoms with van der Waals surface area (Å²) in [6, 6.07) is 7.95. The molecule has 0 N–H and O–H groups in total. The minimum Gasteiger partial charge on any atom is -0.495 e. The normalized spacial score (nSPS) is 16.4. The molecule has 0 radical (unpaired) electrons. The van der Waals surface area contributed by atoms with Gasteiger partial charge in [0.25, 0.3) is 0 Å². The molecule has 1 saturated heterocycles. The fourth-order valence-electron chi connectivity index (χ4n) is 2.42. The highest BCUT2D eigenvalue weighted by Gasteiger charge is 2.21. The molecular weight excluding hydrogens is 248 g/mol. The Bertz CT molecular complexity index is 448. The molecule has 4 heteroatoms. The first-order chi connectivity index (χ1) is 8.74. The van der Waals surface area contributed by atoms with Gasteiger partial charge in [-0.1, -0.05) is 11.6 Å². The van der Waals surface area contributed by atoms with Crippen molar-refractivity contribution in [1.82, 2.24) is 0 Å². The fourth-order valence-corrected chi connectivity index (χ4v) is 2.58. The number of nitriles is 1. The maximum atomic E-state index is 8.72. The Hall–Kier alpha value is -1.40. The summed E-state index contributed by atoms with van der Waals surface area (Å²) in [4.78, 5) is 2.29. The van der Waals surface area contributed by atoms with E-state index in [4.69, 9.17) is 21.6 Å². The van der Waals surface area contributed by atoms with Gasteiger partial charge >= 0.3 is 0 Å². The molecule has 1 aliphatic rings. The Balaban J connectivity index is 2.09. The van der Waals surface area contributed by atoms with Gasteiger partial charge in [0.05, 0.1) is 18.9 Å². The summed E-state index contributed by atoms with van der Waals surface area (Å²) >= 11 is 6.05. The van der Waals surface area contributed by atoms with Crippen molar-refractivity contribution in [3.05, 3.63) is 23.2 Å². The Labute approximate surface area is 113 Å². The average Bonchev–Trinajstić information content (AvgIpc) is 2.40. The summed E-state index contributed by atoms with van der Waals surface area (Å²) in [5.41, 5.74) is 1.06. The predicted octanol–water partition coefficient (Wildman–Crippen LogP) is 3.48. The van der Waals surface area contributed by atoms with Crippen molar-refractivity contribution >= 4 is 17.3 Å². The lowest BCUT2D eigenvalue weighted by Gasteiger charge is -2.33. The number of hydrogen-bond donors (Lipinski definition) is 0. The zero-order chi connectivity index (χ0) is 13.0. The minimum absolute atomic E-state index is 0.538. The average molecular weight is 265 g/mol. The molecule has 0 saturated carbocycles. The number of benzene rings is 1. The third kappa shape index (κ3) is 2.88. The zero-order valence-electron chi connectivity index (χ0n) is 10.5. The van der Waals surface area contributed by atoms with Gasteiger partial charge in [0.2, 0.25) is 0 Å². The van der Waals surface area contributed by atoms with Crippen LogP contribution in [0.2, 0.25) is 5.02 Å². The van der Waals surface area contributed by atoms with Crippen molar-refractivity contribution in [2.24, 2.45) is 5.92 Å². The van der Waals surface area contributed by atoms with Crippen molar-refractivity contribution in [1.29, 1.82) is 5.26 Å². The molecule has 1 aliphatic heterocycles. The summed E-state index contributed by atoms with van der Waals surface area (Å²) < 4.78 is 5.38. The van der Waals surface area contributed by atoms with E-state index in [1.807, 2.05) is 18.2 Å². The second-order valence-electron chi connectivity index (χ2n) is 4.61. The van der Waals surface area contributed by atoms with Crippen molar-refractivity contribution in [3.63, 3.8) is 0 Å². The van der Waals surface area contributed by atoms with E-state index in [-0.39, 0.29) is 0 Å². The molecule has 1 aromatic rings.